The molecule has 176 valence electrons. The van der Waals surface area contributed by atoms with E-state index in [0.29, 0.717) is 30.7 Å². The van der Waals surface area contributed by atoms with E-state index in [1.807, 2.05) is 30.3 Å². The number of likely N-dealkylation sites (tertiary alicyclic amines) is 1. The highest BCUT2D eigenvalue weighted by molar-refractivity contribution is 9.10. The van der Waals surface area contributed by atoms with E-state index in [1.165, 1.54) is 6.07 Å². The van der Waals surface area contributed by atoms with Crippen molar-refractivity contribution in [2.75, 3.05) is 37.7 Å². The third-order valence-electron chi connectivity index (χ3n) is 6.71. The van der Waals surface area contributed by atoms with E-state index >= 15 is 0 Å². The summed E-state index contributed by atoms with van der Waals surface area (Å²) in [6, 6.07) is 16.3. The summed E-state index contributed by atoms with van der Waals surface area (Å²) in [7, 11) is 0. The average molecular weight is 525 g/mol. The molecule has 2 saturated heterocycles. The molecule has 1 spiro atoms. The lowest BCUT2D eigenvalue weighted by molar-refractivity contribution is -0.125. The summed E-state index contributed by atoms with van der Waals surface area (Å²) in [6.07, 6.45) is 1.44. The molecule has 2 N–H and O–H groups in total. The Bertz CT molecular complexity index is 1290. The van der Waals surface area contributed by atoms with Gasteiger partial charge in [0.15, 0.2) is 11.2 Å². The topological polar surface area (TPSA) is 94.9 Å². The van der Waals surface area contributed by atoms with Crippen molar-refractivity contribution in [3.63, 3.8) is 0 Å². The van der Waals surface area contributed by atoms with Gasteiger partial charge in [0, 0.05) is 42.4 Å². The number of benzene rings is 2. The van der Waals surface area contributed by atoms with E-state index in [2.05, 4.69) is 36.4 Å². The van der Waals surface area contributed by atoms with Crippen LogP contribution in [0.25, 0.3) is 11.0 Å². The Morgan fingerprint density at radius 3 is 2.62 bits per heavy atom. The number of halogens is 1. The molecule has 2 aromatic carbocycles. The largest absolute Gasteiger partial charge is 0.451 e. The predicted octanol–water partition coefficient (Wildman–Crippen LogP) is 2.71. The molecule has 2 aliphatic heterocycles. The van der Waals surface area contributed by atoms with E-state index in [9.17, 15) is 14.4 Å². The maximum Gasteiger partial charge on any atom is 0.287 e. The van der Waals surface area contributed by atoms with Crippen molar-refractivity contribution in [1.29, 1.82) is 0 Å². The van der Waals surface area contributed by atoms with Gasteiger partial charge in [-0.1, -0.05) is 34.1 Å². The number of hydrogen-bond donors (Lipinski definition) is 2. The van der Waals surface area contributed by atoms with Crippen LogP contribution in [0.4, 0.5) is 5.69 Å². The van der Waals surface area contributed by atoms with Gasteiger partial charge in [-0.2, -0.15) is 0 Å². The van der Waals surface area contributed by atoms with Crippen LogP contribution in [0.1, 0.15) is 23.4 Å². The smallest absolute Gasteiger partial charge is 0.287 e. The fraction of sp³-hybridized carbons (Fsp3) is 0.320. The first kappa shape index (κ1) is 22.6. The van der Waals surface area contributed by atoms with Gasteiger partial charge in [-0.15, -0.1) is 0 Å². The quantitative estimate of drug-likeness (QED) is 0.532. The van der Waals surface area contributed by atoms with Gasteiger partial charge in [-0.25, -0.2) is 0 Å². The zero-order valence-electron chi connectivity index (χ0n) is 18.6. The zero-order chi connectivity index (χ0) is 23.7. The fourth-order valence-electron chi connectivity index (χ4n) is 4.83. The fourth-order valence-corrected chi connectivity index (χ4v) is 5.20. The molecule has 3 heterocycles. The van der Waals surface area contributed by atoms with E-state index < -0.39 is 11.4 Å². The van der Waals surface area contributed by atoms with Gasteiger partial charge < -0.3 is 24.9 Å². The van der Waals surface area contributed by atoms with Crippen LogP contribution in [0.15, 0.2) is 68.3 Å². The summed E-state index contributed by atoms with van der Waals surface area (Å²) >= 11 is 3.33. The molecule has 34 heavy (non-hydrogen) atoms. The monoisotopic (exact) mass is 524 g/mol. The molecule has 9 heteroatoms. The Morgan fingerprint density at radius 2 is 1.85 bits per heavy atom. The van der Waals surface area contributed by atoms with Crippen LogP contribution in [0, 0.1) is 0 Å². The summed E-state index contributed by atoms with van der Waals surface area (Å²) in [5, 5.41) is 6.28. The van der Waals surface area contributed by atoms with Gasteiger partial charge in [-0.3, -0.25) is 14.4 Å². The minimum absolute atomic E-state index is 0.00134. The lowest BCUT2D eigenvalue weighted by Gasteiger charge is -2.43. The van der Waals surface area contributed by atoms with Crippen LogP contribution in [0.2, 0.25) is 0 Å². The summed E-state index contributed by atoms with van der Waals surface area (Å²) in [5.41, 5.74) is 0.641. The Morgan fingerprint density at radius 1 is 1.09 bits per heavy atom. The molecule has 1 aromatic heterocycles. The van der Waals surface area contributed by atoms with Crippen molar-refractivity contribution in [1.82, 2.24) is 15.5 Å². The number of fused-ring (bicyclic) bond motifs is 1. The second kappa shape index (κ2) is 9.23. The predicted molar refractivity (Wildman–Crippen MR) is 133 cm³/mol. The molecule has 0 saturated carbocycles. The number of carbonyl (C=O) groups excluding carboxylic acids is 2. The third kappa shape index (κ3) is 4.21. The Kier molecular flexibility index (Phi) is 6.14. The highest BCUT2D eigenvalue weighted by Crippen LogP contribution is 2.36. The van der Waals surface area contributed by atoms with Crippen molar-refractivity contribution < 1.29 is 14.0 Å². The van der Waals surface area contributed by atoms with Crippen molar-refractivity contribution >= 4 is 44.4 Å². The van der Waals surface area contributed by atoms with Gasteiger partial charge >= 0.3 is 0 Å². The number of piperidine rings is 1. The van der Waals surface area contributed by atoms with Gasteiger partial charge in [0.2, 0.25) is 5.91 Å². The number of nitrogens with one attached hydrogen (secondary N) is 2. The molecular formula is C25H25BrN4O4. The normalized spacial score (nSPS) is 17.8. The number of amides is 2. The van der Waals surface area contributed by atoms with Crippen LogP contribution < -0.4 is 21.0 Å². The molecule has 3 aromatic rings. The van der Waals surface area contributed by atoms with Crippen molar-refractivity contribution in [2.24, 2.45) is 0 Å². The molecule has 2 fully saturated rings. The first-order chi connectivity index (χ1) is 16.5. The molecule has 0 aliphatic carbocycles. The standard InChI is InChI=1S/C25H25BrN4O4/c26-17-6-7-21-19(14-17)20(31)15-22(34-21)23(32)27-10-13-29-11-8-25(9-12-29)24(33)28-16-30(25)18-4-2-1-3-5-18/h1-7,14-15H,8-13,16H2,(H,27,32)(H,28,33). The number of hydrogen-bond acceptors (Lipinski definition) is 6. The maximum atomic E-state index is 12.8. The van der Waals surface area contributed by atoms with Gasteiger partial charge in [0.25, 0.3) is 5.91 Å². The van der Waals surface area contributed by atoms with E-state index in [1.54, 1.807) is 18.2 Å². The number of anilines is 1. The SMILES string of the molecule is O=C(NCCN1CCC2(CC1)C(=O)NCN2c1ccccc1)c1cc(=O)c2cc(Br)ccc2o1. The van der Waals surface area contributed by atoms with Crippen LogP contribution in [0.3, 0.4) is 0 Å². The van der Waals surface area contributed by atoms with Gasteiger partial charge in [0.1, 0.15) is 11.1 Å². The minimum Gasteiger partial charge on any atom is -0.451 e. The summed E-state index contributed by atoms with van der Waals surface area (Å²) < 4.78 is 6.41. The summed E-state index contributed by atoms with van der Waals surface area (Å²) in [6.45, 7) is 3.11. The van der Waals surface area contributed by atoms with Crippen LogP contribution in [-0.2, 0) is 4.79 Å². The summed E-state index contributed by atoms with van der Waals surface area (Å²) in [4.78, 5) is 42.1. The molecule has 2 aliphatic rings. The molecule has 8 nitrogen and oxygen atoms in total. The van der Waals surface area contributed by atoms with E-state index in [0.717, 1.165) is 36.1 Å². The molecule has 0 unspecified atom stereocenters. The third-order valence-corrected chi connectivity index (χ3v) is 7.21. The van der Waals surface area contributed by atoms with Gasteiger partial charge in [-0.05, 0) is 43.2 Å². The Hall–Kier alpha value is -3.17. The number of para-hydroxylation sites is 1. The molecule has 0 bridgehead atoms. The highest BCUT2D eigenvalue weighted by atomic mass is 79.9. The number of rotatable bonds is 5. The zero-order valence-corrected chi connectivity index (χ0v) is 20.1. The van der Waals surface area contributed by atoms with Crippen molar-refractivity contribution in [3.8, 4) is 0 Å². The Labute approximate surface area is 205 Å². The molecule has 5 rings (SSSR count). The lowest BCUT2D eigenvalue weighted by Crippen LogP contribution is -2.57. The molecule has 2 amide bonds. The first-order valence-electron chi connectivity index (χ1n) is 11.3. The van der Waals surface area contributed by atoms with E-state index in [-0.39, 0.29) is 17.1 Å². The number of nitrogens with zero attached hydrogens (tertiary/aromatic N) is 2. The lowest BCUT2D eigenvalue weighted by atomic mass is 9.85. The average Bonchev–Trinajstić information content (AvgIpc) is 3.16. The molecule has 0 atom stereocenters. The minimum atomic E-state index is -0.523. The highest BCUT2D eigenvalue weighted by Gasteiger charge is 2.50. The van der Waals surface area contributed by atoms with Crippen LogP contribution in [-0.4, -0.2) is 55.1 Å². The molecule has 0 radical (unpaired) electrons. The second-order valence-electron chi connectivity index (χ2n) is 8.67. The second-order valence-corrected chi connectivity index (χ2v) is 9.59. The van der Waals surface area contributed by atoms with Crippen LogP contribution >= 0.6 is 15.9 Å². The molecular weight excluding hydrogens is 500 g/mol. The summed E-state index contributed by atoms with van der Waals surface area (Å²) in [5.74, 6) is -0.331. The number of carbonyl (C=O) groups is 2. The maximum absolute atomic E-state index is 12.8. The van der Waals surface area contributed by atoms with Crippen molar-refractivity contribution in [2.45, 2.75) is 18.4 Å². The van der Waals surface area contributed by atoms with E-state index in [4.69, 9.17) is 4.42 Å². The van der Waals surface area contributed by atoms with Crippen LogP contribution in [0.5, 0.6) is 0 Å². The first-order valence-corrected chi connectivity index (χ1v) is 12.1. The Balaban J connectivity index is 1.17. The van der Waals surface area contributed by atoms with Crippen molar-refractivity contribution in [3.05, 3.63) is 75.1 Å². The van der Waals surface area contributed by atoms with Gasteiger partial charge in [0.05, 0.1) is 12.1 Å².